The zero-order valence-electron chi connectivity index (χ0n) is 10.5. The Morgan fingerprint density at radius 2 is 2.00 bits per heavy atom. The molecule has 4 atom stereocenters. The summed E-state index contributed by atoms with van der Waals surface area (Å²) in [7, 11) is 0. The molecule has 0 aromatic heterocycles. The standard InChI is InChI=1S/C15H24/c1-10-7-8-15-9-12(10)14(3,4)13(15)6-5-11(15)2/h11-13H,1,5-9H2,2-4H3/t11-,12+,13-,15+/m1/s1. The molecule has 0 nitrogen and oxygen atoms in total. The topological polar surface area (TPSA) is 0 Å². The summed E-state index contributed by atoms with van der Waals surface area (Å²) < 4.78 is 0. The molecule has 3 aliphatic rings. The zero-order chi connectivity index (χ0) is 10.8. The molecule has 0 saturated heterocycles. The van der Waals surface area contributed by atoms with E-state index in [2.05, 4.69) is 27.4 Å². The van der Waals surface area contributed by atoms with Crippen molar-refractivity contribution in [1.29, 1.82) is 0 Å². The number of hydrogen-bond donors (Lipinski definition) is 0. The number of allylic oxidation sites excluding steroid dienone is 1. The quantitative estimate of drug-likeness (QED) is 0.513. The van der Waals surface area contributed by atoms with Crippen LogP contribution in [0.1, 0.15) is 52.9 Å². The monoisotopic (exact) mass is 204 g/mol. The van der Waals surface area contributed by atoms with Gasteiger partial charge in [-0.05, 0) is 60.7 Å². The van der Waals surface area contributed by atoms with Gasteiger partial charge in [-0.3, -0.25) is 0 Å². The summed E-state index contributed by atoms with van der Waals surface area (Å²) in [5.74, 6) is 2.79. The Kier molecular flexibility index (Phi) is 1.79. The fourth-order valence-corrected chi connectivity index (χ4v) is 5.44. The first-order chi connectivity index (χ1) is 6.98. The summed E-state index contributed by atoms with van der Waals surface area (Å²) in [5, 5.41) is 0. The second-order valence-corrected chi connectivity index (χ2v) is 7.00. The molecule has 0 aliphatic heterocycles. The Balaban J connectivity index is 2.08. The van der Waals surface area contributed by atoms with Crippen LogP contribution < -0.4 is 0 Å². The molecule has 84 valence electrons. The van der Waals surface area contributed by atoms with Crippen LogP contribution in [0.3, 0.4) is 0 Å². The molecular formula is C15H24. The van der Waals surface area contributed by atoms with E-state index in [1.54, 1.807) is 5.57 Å². The molecule has 3 rings (SSSR count). The molecule has 0 amide bonds. The largest absolute Gasteiger partial charge is 0.0996 e. The van der Waals surface area contributed by atoms with Crippen LogP contribution in [0, 0.1) is 28.6 Å². The highest BCUT2D eigenvalue weighted by Gasteiger charge is 2.63. The van der Waals surface area contributed by atoms with E-state index >= 15 is 0 Å². The normalized spacial score (nSPS) is 51.9. The van der Waals surface area contributed by atoms with Crippen LogP contribution in [-0.2, 0) is 0 Å². The zero-order valence-corrected chi connectivity index (χ0v) is 10.5. The number of hydrogen-bond acceptors (Lipinski definition) is 0. The van der Waals surface area contributed by atoms with Crippen LogP contribution in [0.4, 0.5) is 0 Å². The van der Waals surface area contributed by atoms with Crippen molar-refractivity contribution in [3.8, 4) is 0 Å². The van der Waals surface area contributed by atoms with Crippen molar-refractivity contribution < 1.29 is 0 Å². The third kappa shape index (κ3) is 0.990. The molecular weight excluding hydrogens is 180 g/mol. The van der Waals surface area contributed by atoms with Crippen molar-refractivity contribution in [1.82, 2.24) is 0 Å². The first kappa shape index (κ1) is 9.93. The summed E-state index contributed by atoms with van der Waals surface area (Å²) in [6.07, 6.45) is 7.18. The molecule has 0 unspecified atom stereocenters. The van der Waals surface area contributed by atoms with Crippen molar-refractivity contribution >= 4 is 0 Å². The first-order valence-corrected chi connectivity index (χ1v) is 6.66. The lowest BCUT2D eigenvalue weighted by Crippen LogP contribution is -2.30. The minimum absolute atomic E-state index is 0.540. The molecule has 0 aromatic carbocycles. The van der Waals surface area contributed by atoms with Gasteiger partial charge in [0.2, 0.25) is 0 Å². The molecule has 1 spiro atoms. The molecule has 2 bridgehead atoms. The predicted molar refractivity (Wildman–Crippen MR) is 64.6 cm³/mol. The molecule has 15 heavy (non-hydrogen) atoms. The summed E-state index contributed by atoms with van der Waals surface area (Å²) >= 11 is 0. The minimum atomic E-state index is 0.540. The summed E-state index contributed by atoms with van der Waals surface area (Å²) in [6.45, 7) is 11.9. The van der Waals surface area contributed by atoms with Gasteiger partial charge in [-0.1, -0.05) is 32.9 Å². The van der Waals surface area contributed by atoms with Crippen molar-refractivity contribution in [2.45, 2.75) is 52.9 Å². The van der Waals surface area contributed by atoms with Gasteiger partial charge in [-0.15, -0.1) is 0 Å². The molecule has 3 fully saturated rings. The molecule has 3 saturated carbocycles. The van der Waals surface area contributed by atoms with Crippen molar-refractivity contribution in [2.75, 3.05) is 0 Å². The fourth-order valence-electron chi connectivity index (χ4n) is 5.44. The SMILES string of the molecule is C=C1CC[C@@]23C[C@@H]1C(C)(C)[C@H]2CC[C@H]3C. The Labute approximate surface area is 94.1 Å². The van der Waals surface area contributed by atoms with E-state index in [0.717, 1.165) is 23.2 Å². The van der Waals surface area contributed by atoms with Crippen molar-refractivity contribution in [3.05, 3.63) is 12.2 Å². The van der Waals surface area contributed by atoms with Gasteiger partial charge in [-0.2, -0.15) is 0 Å². The Hall–Kier alpha value is -0.260. The Morgan fingerprint density at radius 3 is 2.73 bits per heavy atom. The summed E-state index contributed by atoms with van der Waals surface area (Å²) in [6, 6.07) is 0. The van der Waals surface area contributed by atoms with Gasteiger partial charge < -0.3 is 0 Å². The van der Waals surface area contributed by atoms with Crippen molar-refractivity contribution in [2.24, 2.45) is 28.6 Å². The molecule has 0 N–H and O–H groups in total. The lowest BCUT2D eigenvalue weighted by atomic mass is 9.67. The molecule has 3 aliphatic carbocycles. The van der Waals surface area contributed by atoms with E-state index in [-0.39, 0.29) is 0 Å². The maximum Gasteiger partial charge on any atom is -0.0146 e. The van der Waals surface area contributed by atoms with Crippen LogP contribution in [-0.4, -0.2) is 0 Å². The van der Waals surface area contributed by atoms with Gasteiger partial charge in [0.15, 0.2) is 0 Å². The van der Waals surface area contributed by atoms with E-state index in [9.17, 15) is 0 Å². The van der Waals surface area contributed by atoms with Crippen LogP contribution in [0.15, 0.2) is 12.2 Å². The minimum Gasteiger partial charge on any atom is -0.0996 e. The van der Waals surface area contributed by atoms with Gasteiger partial charge in [0, 0.05) is 0 Å². The lowest BCUT2D eigenvalue weighted by Gasteiger charge is -2.38. The van der Waals surface area contributed by atoms with E-state index in [1.807, 2.05) is 0 Å². The third-order valence-electron chi connectivity index (χ3n) is 6.35. The predicted octanol–water partition coefficient (Wildman–Crippen LogP) is 4.42. The van der Waals surface area contributed by atoms with Gasteiger partial charge in [0.25, 0.3) is 0 Å². The second-order valence-electron chi connectivity index (χ2n) is 7.00. The number of rotatable bonds is 0. The van der Waals surface area contributed by atoms with Gasteiger partial charge in [0.1, 0.15) is 0 Å². The van der Waals surface area contributed by atoms with E-state index in [4.69, 9.17) is 0 Å². The molecule has 0 heteroatoms. The Bertz CT molecular complexity index is 312. The van der Waals surface area contributed by atoms with E-state index < -0.39 is 0 Å². The third-order valence-corrected chi connectivity index (χ3v) is 6.35. The van der Waals surface area contributed by atoms with Crippen LogP contribution in [0.25, 0.3) is 0 Å². The highest BCUT2D eigenvalue weighted by molar-refractivity contribution is 5.23. The van der Waals surface area contributed by atoms with E-state index in [1.165, 1.54) is 32.1 Å². The molecule has 0 aromatic rings. The van der Waals surface area contributed by atoms with Crippen LogP contribution in [0.5, 0.6) is 0 Å². The van der Waals surface area contributed by atoms with Crippen molar-refractivity contribution in [3.63, 3.8) is 0 Å². The molecule has 0 radical (unpaired) electrons. The Morgan fingerprint density at radius 1 is 1.27 bits per heavy atom. The van der Waals surface area contributed by atoms with Gasteiger partial charge >= 0.3 is 0 Å². The molecule has 0 heterocycles. The van der Waals surface area contributed by atoms with Crippen LogP contribution in [0.2, 0.25) is 0 Å². The maximum atomic E-state index is 4.34. The van der Waals surface area contributed by atoms with Gasteiger partial charge in [-0.25, -0.2) is 0 Å². The average molecular weight is 204 g/mol. The summed E-state index contributed by atoms with van der Waals surface area (Å²) in [4.78, 5) is 0. The highest BCUT2D eigenvalue weighted by atomic mass is 14.7. The lowest BCUT2D eigenvalue weighted by molar-refractivity contribution is 0.118. The highest BCUT2D eigenvalue weighted by Crippen LogP contribution is 2.72. The second kappa shape index (κ2) is 2.70. The smallest absolute Gasteiger partial charge is 0.0146 e. The average Bonchev–Trinajstić information content (AvgIpc) is 2.57. The number of fused-ring (bicyclic) bond motifs is 1. The summed E-state index contributed by atoms with van der Waals surface area (Å²) in [5.41, 5.74) is 2.82. The first-order valence-electron chi connectivity index (χ1n) is 6.66. The van der Waals surface area contributed by atoms with Crippen LogP contribution >= 0.6 is 0 Å². The van der Waals surface area contributed by atoms with E-state index in [0.29, 0.717) is 5.41 Å². The fraction of sp³-hybridized carbons (Fsp3) is 0.867. The maximum absolute atomic E-state index is 4.34. The van der Waals surface area contributed by atoms with Gasteiger partial charge in [0.05, 0.1) is 0 Å².